The Morgan fingerprint density at radius 3 is 2.55 bits per heavy atom. The molecule has 0 saturated carbocycles. The molecule has 2 aromatic rings. The third kappa shape index (κ3) is 3.51. The van der Waals surface area contributed by atoms with Gasteiger partial charge in [0, 0.05) is 24.1 Å². The second kappa shape index (κ2) is 6.93. The highest BCUT2D eigenvalue weighted by Gasteiger charge is 2.29. The highest BCUT2D eigenvalue weighted by molar-refractivity contribution is 7.99. The van der Waals surface area contributed by atoms with Crippen molar-refractivity contribution in [3.63, 3.8) is 0 Å². The van der Waals surface area contributed by atoms with E-state index in [0.717, 1.165) is 23.5 Å². The summed E-state index contributed by atoms with van der Waals surface area (Å²) in [6.45, 7) is 1.09. The van der Waals surface area contributed by atoms with Crippen LogP contribution in [0.15, 0.2) is 46.7 Å². The van der Waals surface area contributed by atoms with Crippen molar-refractivity contribution in [2.75, 3.05) is 18.8 Å². The van der Waals surface area contributed by atoms with E-state index in [9.17, 15) is 8.42 Å². The van der Waals surface area contributed by atoms with Gasteiger partial charge in [-0.1, -0.05) is 41.9 Å². The third-order valence-corrected chi connectivity index (χ3v) is 8.54. The highest BCUT2D eigenvalue weighted by atomic mass is 35.5. The van der Waals surface area contributed by atoms with Crippen molar-refractivity contribution in [2.45, 2.75) is 15.9 Å². The van der Waals surface area contributed by atoms with Crippen molar-refractivity contribution in [1.29, 1.82) is 0 Å². The van der Waals surface area contributed by atoms with Crippen molar-refractivity contribution in [2.24, 2.45) is 0 Å². The van der Waals surface area contributed by atoms with Crippen LogP contribution < -0.4 is 0 Å². The minimum atomic E-state index is -3.42. The Morgan fingerprint density at radius 2 is 1.86 bits per heavy atom. The lowest BCUT2D eigenvalue weighted by atomic mass is 10.1. The maximum absolute atomic E-state index is 12.7. The third-order valence-electron chi connectivity index (χ3n) is 3.61. The molecule has 1 aliphatic heterocycles. The zero-order chi connectivity index (χ0) is 15.6. The first-order valence-corrected chi connectivity index (χ1v) is 10.7. The van der Waals surface area contributed by atoms with Crippen molar-refractivity contribution in [3.8, 4) is 0 Å². The van der Waals surface area contributed by atoms with Crippen molar-refractivity contribution in [3.05, 3.63) is 52.4 Å². The van der Waals surface area contributed by atoms with Gasteiger partial charge in [-0.3, -0.25) is 0 Å². The predicted octanol–water partition coefficient (Wildman–Crippen LogP) is 4.27. The minimum Gasteiger partial charge on any atom is -0.206 e. The predicted molar refractivity (Wildman–Crippen MR) is 94.3 cm³/mol. The average Bonchev–Trinajstić information content (AvgIpc) is 2.82. The summed E-state index contributed by atoms with van der Waals surface area (Å²) in [5, 5.41) is 0.355. The monoisotopic (exact) mass is 373 g/mol. The number of halogens is 1. The Morgan fingerprint density at radius 1 is 1.09 bits per heavy atom. The van der Waals surface area contributed by atoms with E-state index in [1.165, 1.54) is 5.56 Å². The van der Waals surface area contributed by atoms with Gasteiger partial charge < -0.3 is 0 Å². The summed E-state index contributed by atoms with van der Waals surface area (Å²) in [7, 11) is -3.42. The summed E-state index contributed by atoms with van der Waals surface area (Å²) >= 11 is 8.82. The van der Waals surface area contributed by atoms with Gasteiger partial charge in [0.2, 0.25) is 0 Å². The molecule has 1 unspecified atom stereocenters. The molecule has 118 valence electrons. The molecular weight excluding hydrogens is 358 g/mol. The molecule has 7 heteroatoms. The normalized spacial score (nSPS) is 20.7. The summed E-state index contributed by atoms with van der Waals surface area (Å²) in [5.41, 5.74) is 1.27. The molecule has 0 aliphatic carbocycles. The van der Waals surface area contributed by atoms with Crippen LogP contribution in [-0.2, 0) is 10.0 Å². The summed E-state index contributed by atoms with van der Waals surface area (Å²) in [5.74, 6) is 0.803. The Labute approximate surface area is 144 Å². The van der Waals surface area contributed by atoms with Crippen LogP contribution in [0, 0.1) is 0 Å². The molecule has 1 aliphatic rings. The standard InChI is InChI=1S/C15H16ClNO2S3/c16-14-6-7-15(21-14)22(18,19)17-9-8-13(20-11-10-17)12-4-2-1-3-5-12/h1-7,13H,8-11H2. The molecule has 22 heavy (non-hydrogen) atoms. The zero-order valence-corrected chi connectivity index (χ0v) is 15.0. The van der Waals surface area contributed by atoms with Crippen LogP contribution in [0.1, 0.15) is 17.2 Å². The molecule has 2 heterocycles. The number of hydrogen-bond donors (Lipinski definition) is 0. The lowest BCUT2D eigenvalue weighted by Gasteiger charge is -2.18. The first-order valence-electron chi connectivity index (χ1n) is 6.99. The smallest absolute Gasteiger partial charge is 0.206 e. The first-order chi connectivity index (χ1) is 10.6. The fraction of sp³-hybridized carbons (Fsp3) is 0.333. The summed E-state index contributed by atoms with van der Waals surface area (Å²) in [6.07, 6.45) is 0.826. The van der Waals surface area contributed by atoms with Gasteiger partial charge in [-0.25, -0.2) is 8.42 Å². The molecule has 0 bridgehead atoms. The maximum atomic E-state index is 12.7. The van der Waals surface area contributed by atoms with Gasteiger partial charge in [0.1, 0.15) is 4.21 Å². The Kier molecular flexibility index (Phi) is 5.14. The van der Waals surface area contributed by atoms with Gasteiger partial charge in [-0.05, 0) is 24.1 Å². The van der Waals surface area contributed by atoms with Gasteiger partial charge in [-0.2, -0.15) is 16.1 Å². The molecule has 3 nitrogen and oxygen atoms in total. The van der Waals surface area contributed by atoms with Gasteiger partial charge >= 0.3 is 0 Å². The number of benzene rings is 1. The molecule has 0 radical (unpaired) electrons. The molecule has 1 fully saturated rings. The van der Waals surface area contributed by atoms with E-state index in [0.29, 0.717) is 26.9 Å². The van der Waals surface area contributed by atoms with Crippen LogP contribution in [0.25, 0.3) is 0 Å². The molecule has 0 amide bonds. The lowest BCUT2D eigenvalue weighted by Crippen LogP contribution is -2.32. The number of sulfonamides is 1. The molecule has 1 aromatic carbocycles. The Balaban J connectivity index is 1.75. The SMILES string of the molecule is O=S(=O)(c1ccc(Cl)s1)N1CCSC(c2ccccc2)CC1. The zero-order valence-electron chi connectivity index (χ0n) is 11.8. The quantitative estimate of drug-likeness (QED) is 0.806. The van der Waals surface area contributed by atoms with E-state index in [4.69, 9.17) is 11.6 Å². The van der Waals surface area contributed by atoms with Gasteiger partial charge in [0.15, 0.2) is 0 Å². The largest absolute Gasteiger partial charge is 0.252 e. The number of thioether (sulfide) groups is 1. The molecule has 0 spiro atoms. The van der Waals surface area contributed by atoms with Crippen LogP contribution in [-0.4, -0.2) is 31.6 Å². The summed E-state index contributed by atoms with van der Waals surface area (Å²) in [6, 6.07) is 13.5. The minimum absolute atomic E-state index is 0.334. The average molecular weight is 374 g/mol. The van der Waals surface area contributed by atoms with Crippen LogP contribution in [0.4, 0.5) is 0 Å². The van der Waals surface area contributed by atoms with E-state index in [1.54, 1.807) is 16.4 Å². The molecule has 1 aromatic heterocycles. The number of rotatable bonds is 3. The van der Waals surface area contributed by atoms with Gasteiger partial charge in [0.25, 0.3) is 10.0 Å². The summed E-state index contributed by atoms with van der Waals surface area (Å²) in [4.78, 5) is 0. The highest BCUT2D eigenvalue weighted by Crippen LogP contribution is 2.36. The Bertz CT molecular complexity index is 730. The Hall–Kier alpha value is -0.530. The number of hydrogen-bond acceptors (Lipinski definition) is 4. The van der Waals surface area contributed by atoms with Gasteiger partial charge in [0.05, 0.1) is 4.34 Å². The molecule has 1 saturated heterocycles. The topological polar surface area (TPSA) is 37.4 Å². The first kappa shape index (κ1) is 16.3. The molecule has 1 atom stereocenters. The van der Waals surface area contributed by atoms with Gasteiger partial charge in [-0.15, -0.1) is 11.3 Å². The number of thiophene rings is 1. The number of nitrogens with zero attached hydrogens (tertiary/aromatic N) is 1. The summed E-state index contributed by atoms with van der Waals surface area (Å²) < 4.78 is 27.8. The van der Waals surface area contributed by atoms with E-state index < -0.39 is 10.0 Å². The van der Waals surface area contributed by atoms with Crippen molar-refractivity contribution < 1.29 is 8.42 Å². The van der Waals surface area contributed by atoms with Crippen LogP contribution in [0.5, 0.6) is 0 Å². The van der Waals surface area contributed by atoms with Crippen molar-refractivity contribution in [1.82, 2.24) is 4.31 Å². The van der Waals surface area contributed by atoms with Crippen molar-refractivity contribution >= 4 is 44.7 Å². The van der Waals surface area contributed by atoms with Crippen LogP contribution in [0.3, 0.4) is 0 Å². The second-order valence-electron chi connectivity index (χ2n) is 5.02. The van der Waals surface area contributed by atoms with E-state index in [1.807, 2.05) is 30.0 Å². The molecule has 0 N–H and O–H groups in total. The maximum Gasteiger partial charge on any atom is 0.252 e. The molecular formula is C15H16ClNO2S3. The van der Waals surface area contributed by atoms with Crippen LogP contribution >= 0.6 is 34.7 Å². The lowest BCUT2D eigenvalue weighted by molar-refractivity contribution is 0.429. The fourth-order valence-electron chi connectivity index (χ4n) is 2.49. The fourth-order valence-corrected chi connectivity index (χ4v) is 6.93. The van der Waals surface area contributed by atoms with E-state index in [2.05, 4.69) is 12.1 Å². The molecule has 3 rings (SSSR count). The second-order valence-corrected chi connectivity index (χ2v) is 10.2. The van der Waals surface area contributed by atoms with E-state index in [-0.39, 0.29) is 0 Å². The van der Waals surface area contributed by atoms with E-state index >= 15 is 0 Å². The van der Waals surface area contributed by atoms with Crippen LogP contribution in [0.2, 0.25) is 4.34 Å².